The molecule has 6 nitrogen and oxygen atoms in total. The highest BCUT2D eigenvalue weighted by molar-refractivity contribution is 5.42. The van der Waals surface area contributed by atoms with Crippen molar-refractivity contribution in [1.29, 1.82) is 0 Å². The molecule has 7 heteroatoms. The molecule has 1 aromatic carbocycles. The molecule has 2 saturated heterocycles. The molecule has 2 aliphatic rings. The number of rotatable bonds is 3. The van der Waals surface area contributed by atoms with Crippen molar-refractivity contribution in [2.75, 3.05) is 19.7 Å². The fourth-order valence-corrected chi connectivity index (χ4v) is 4.70. The predicted molar refractivity (Wildman–Crippen MR) is 107 cm³/mol. The Morgan fingerprint density at radius 1 is 1.24 bits per heavy atom. The molecule has 2 fully saturated rings. The van der Waals surface area contributed by atoms with Gasteiger partial charge in [-0.3, -0.25) is 4.90 Å². The van der Waals surface area contributed by atoms with Gasteiger partial charge in [-0.05, 0) is 63.4 Å². The number of aliphatic hydroxyl groups is 2. The molecule has 0 radical (unpaired) electrons. The smallest absolute Gasteiger partial charge is 0.123 e. The maximum absolute atomic E-state index is 14.0. The van der Waals surface area contributed by atoms with Crippen LogP contribution in [-0.4, -0.2) is 61.9 Å². The van der Waals surface area contributed by atoms with E-state index in [1.807, 2.05) is 24.6 Å². The Balaban J connectivity index is 1.49. The summed E-state index contributed by atoms with van der Waals surface area (Å²) in [4.78, 5) is 2.29. The highest BCUT2D eigenvalue weighted by Crippen LogP contribution is 2.40. The van der Waals surface area contributed by atoms with E-state index in [-0.39, 0.29) is 18.0 Å². The summed E-state index contributed by atoms with van der Waals surface area (Å²) in [6.45, 7) is 8.01. The second kappa shape index (κ2) is 7.47. The zero-order chi connectivity index (χ0) is 20.8. The summed E-state index contributed by atoms with van der Waals surface area (Å²) in [5.41, 5.74) is 2.24. The number of aromatic nitrogens is 2. The van der Waals surface area contributed by atoms with Crippen LogP contribution in [0.3, 0.4) is 0 Å². The van der Waals surface area contributed by atoms with E-state index in [1.165, 1.54) is 6.07 Å². The first-order valence-corrected chi connectivity index (χ1v) is 10.3. The van der Waals surface area contributed by atoms with Gasteiger partial charge in [-0.1, -0.05) is 0 Å². The van der Waals surface area contributed by atoms with Crippen LogP contribution in [0, 0.1) is 19.7 Å². The van der Waals surface area contributed by atoms with Crippen LogP contribution >= 0.6 is 0 Å². The summed E-state index contributed by atoms with van der Waals surface area (Å²) in [6.07, 6.45) is 1.15. The first-order valence-electron chi connectivity index (χ1n) is 10.3. The maximum Gasteiger partial charge on any atom is 0.123 e. The van der Waals surface area contributed by atoms with Gasteiger partial charge in [-0.15, -0.1) is 0 Å². The normalized spacial score (nSPS) is 27.4. The van der Waals surface area contributed by atoms with Crippen LogP contribution < -0.4 is 0 Å². The van der Waals surface area contributed by atoms with Gasteiger partial charge in [0, 0.05) is 31.7 Å². The minimum absolute atomic E-state index is 0.166. The van der Waals surface area contributed by atoms with Crippen molar-refractivity contribution in [3.63, 3.8) is 0 Å². The number of hydrogen-bond acceptors (Lipinski definition) is 5. The minimum Gasteiger partial charge on any atom is -0.388 e. The molecule has 158 valence electrons. The standard InChI is InChI=1S/C22H30FN3O3/c1-15-10-16(2)26(24-15)19-5-4-18(23)11-17(19)12-25-8-6-22(7-9-25)14-21(3,28)20(27)13-29-22/h4-5,10-11,20,27-28H,6-9,12-14H2,1-3H3/t20-,21-/m0/s1. The van der Waals surface area contributed by atoms with Gasteiger partial charge in [0.15, 0.2) is 0 Å². The molecule has 2 aromatic rings. The van der Waals surface area contributed by atoms with Crippen molar-refractivity contribution >= 4 is 0 Å². The molecule has 2 aliphatic heterocycles. The third kappa shape index (κ3) is 4.10. The Bertz CT molecular complexity index is 887. The van der Waals surface area contributed by atoms with Crippen LogP contribution in [0.4, 0.5) is 4.39 Å². The van der Waals surface area contributed by atoms with Gasteiger partial charge in [0.2, 0.25) is 0 Å². The highest BCUT2D eigenvalue weighted by Gasteiger charge is 2.48. The molecule has 2 N–H and O–H groups in total. The van der Waals surface area contributed by atoms with Gasteiger partial charge >= 0.3 is 0 Å². The largest absolute Gasteiger partial charge is 0.388 e. The van der Waals surface area contributed by atoms with Crippen LogP contribution in [0.2, 0.25) is 0 Å². The lowest BCUT2D eigenvalue weighted by Crippen LogP contribution is -2.59. The van der Waals surface area contributed by atoms with E-state index >= 15 is 0 Å². The monoisotopic (exact) mass is 403 g/mol. The van der Waals surface area contributed by atoms with E-state index in [2.05, 4.69) is 10.00 Å². The quantitative estimate of drug-likeness (QED) is 0.824. The lowest BCUT2D eigenvalue weighted by molar-refractivity contribution is -0.223. The lowest BCUT2D eigenvalue weighted by Gasteiger charge is -2.50. The van der Waals surface area contributed by atoms with E-state index in [4.69, 9.17) is 4.74 Å². The number of likely N-dealkylation sites (tertiary alicyclic amines) is 1. The van der Waals surface area contributed by atoms with E-state index in [0.29, 0.717) is 13.0 Å². The second-order valence-corrected chi connectivity index (χ2v) is 8.93. The molecular weight excluding hydrogens is 373 g/mol. The third-order valence-electron chi connectivity index (χ3n) is 6.39. The average Bonchev–Trinajstić information content (AvgIpc) is 2.99. The Hall–Kier alpha value is -1.80. The fraction of sp³-hybridized carbons (Fsp3) is 0.591. The predicted octanol–water partition coefficient (Wildman–Crippen LogP) is 2.50. The Morgan fingerprint density at radius 3 is 2.59 bits per heavy atom. The van der Waals surface area contributed by atoms with Gasteiger partial charge in [-0.25, -0.2) is 9.07 Å². The van der Waals surface area contributed by atoms with Crippen molar-refractivity contribution < 1.29 is 19.3 Å². The zero-order valence-corrected chi connectivity index (χ0v) is 17.4. The molecular formula is C22H30FN3O3. The van der Waals surface area contributed by atoms with Crippen molar-refractivity contribution in [3.05, 3.63) is 47.0 Å². The molecule has 4 rings (SSSR count). The highest BCUT2D eigenvalue weighted by atomic mass is 19.1. The number of halogens is 1. The van der Waals surface area contributed by atoms with E-state index in [9.17, 15) is 14.6 Å². The fourth-order valence-electron chi connectivity index (χ4n) is 4.70. The van der Waals surface area contributed by atoms with Gasteiger partial charge in [0.1, 0.15) is 11.9 Å². The van der Waals surface area contributed by atoms with E-state index < -0.39 is 11.7 Å². The molecule has 0 amide bonds. The van der Waals surface area contributed by atoms with Crippen LogP contribution in [0.15, 0.2) is 24.3 Å². The number of ether oxygens (including phenoxy) is 1. The molecule has 0 unspecified atom stereocenters. The number of hydrogen-bond donors (Lipinski definition) is 2. The van der Waals surface area contributed by atoms with Crippen molar-refractivity contribution in [3.8, 4) is 5.69 Å². The number of piperidine rings is 1. The van der Waals surface area contributed by atoms with Crippen molar-refractivity contribution in [2.45, 2.75) is 63.9 Å². The number of aliphatic hydroxyl groups excluding tert-OH is 1. The minimum atomic E-state index is -1.12. The van der Waals surface area contributed by atoms with Crippen LogP contribution in [0.25, 0.3) is 5.69 Å². The molecule has 0 aliphatic carbocycles. The van der Waals surface area contributed by atoms with Gasteiger partial charge in [0.05, 0.1) is 29.2 Å². The Morgan fingerprint density at radius 2 is 1.97 bits per heavy atom. The lowest BCUT2D eigenvalue weighted by atomic mass is 9.76. The Kier molecular flexibility index (Phi) is 5.27. The maximum atomic E-state index is 14.0. The van der Waals surface area contributed by atoms with Crippen LogP contribution in [0.5, 0.6) is 0 Å². The Labute approximate surface area is 170 Å². The summed E-state index contributed by atoms with van der Waals surface area (Å²) >= 11 is 0. The third-order valence-corrected chi connectivity index (χ3v) is 6.39. The summed E-state index contributed by atoms with van der Waals surface area (Å²) in [5, 5.41) is 25.0. The molecule has 1 spiro atoms. The van der Waals surface area contributed by atoms with E-state index in [0.717, 1.165) is 48.6 Å². The van der Waals surface area contributed by atoms with E-state index in [1.54, 1.807) is 19.1 Å². The van der Waals surface area contributed by atoms with Crippen molar-refractivity contribution in [1.82, 2.24) is 14.7 Å². The average molecular weight is 403 g/mol. The summed E-state index contributed by atoms with van der Waals surface area (Å²) < 4.78 is 21.9. The first-order chi connectivity index (χ1) is 13.7. The SMILES string of the molecule is Cc1cc(C)n(-c2ccc(F)cc2CN2CCC3(CC2)C[C@](C)(O)[C@@H](O)CO3)n1. The molecule has 3 heterocycles. The second-order valence-electron chi connectivity index (χ2n) is 8.93. The number of benzene rings is 1. The molecule has 2 atom stereocenters. The van der Waals surface area contributed by atoms with Gasteiger partial charge < -0.3 is 14.9 Å². The van der Waals surface area contributed by atoms with Gasteiger partial charge in [0.25, 0.3) is 0 Å². The molecule has 0 saturated carbocycles. The first kappa shape index (κ1) is 20.5. The zero-order valence-electron chi connectivity index (χ0n) is 17.4. The summed E-state index contributed by atoms with van der Waals surface area (Å²) in [5.74, 6) is -0.251. The summed E-state index contributed by atoms with van der Waals surface area (Å²) in [7, 11) is 0. The molecule has 1 aromatic heterocycles. The molecule has 0 bridgehead atoms. The topological polar surface area (TPSA) is 70.8 Å². The van der Waals surface area contributed by atoms with Gasteiger partial charge in [-0.2, -0.15) is 5.10 Å². The van der Waals surface area contributed by atoms with Crippen molar-refractivity contribution in [2.24, 2.45) is 0 Å². The van der Waals surface area contributed by atoms with Crippen LogP contribution in [0.1, 0.15) is 43.1 Å². The summed E-state index contributed by atoms with van der Waals surface area (Å²) in [6, 6.07) is 6.87. The number of aryl methyl sites for hydroxylation is 2. The van der Waals surface area contributed by atoms with Crippen LogP contribution in [-0.2, 0) is 11.3 Å². The number of nitrogens with zero attached hydrogens (tertiary/aromatic N) is 3. The molecule has 29 heavy (non-hydrogen) atoms.